The molecule has 2 nitrogen and oxygen atoms in total. The molecule has 2 atom stereocenters. The van der Waals surface area contributed by atoms with E-state index in [2.05, 4.69) is 31.3 Å². The number of methoxy groups -OCH3 is 1. The van der Waals surface area contributed by atoms with Gasteiger partial charge in [0.05, 0.1) is 7.11 Å². The first kappa shape index (κ1) is 15.5. The third kappa shape index (κ3) is 3.42. The summed E-state index contributed by atoms with van der Waals surface area (Å²) >= 11 is 0. The molecule has 0 amide bonds. The SMILES string of the molecule is COc1cccc(F)c1C(C)N[C@@H](C)c1ccccc1C. The molecule has 2 rings (SSSR count). The molecule has 2 aromatic carbocycles. The number of hydrogen-bond acceptors (Lipinski definition) is 2. The Morgan fingerprint density at radius 3 is 2.38 bits per heavy atom. The average Bonchev–Trinajstić information content (AvgIpc) is 2.46. The van der Waals surface area contributed by atoms with E-state index in [-0.39, 0.29) is 17.9 Å². The van der Waals surface area contributed by atoms with Crippen LogP contribution in [0.1, 0.15) is 42.6 Å². The summed E-state index contributed by atoms with van der Waals surface area (Å²) in [7, 11) is 1.57. The van der Waals surface area contributed by atoms with Crippen LogP contribution in [0, 0.1) is 12.7 Å². The first-order valence-electron chi connectivity index (χ1n) is 7.18. The zero-order valence-corrected chi connectivity index (χ0v) is 13.0. The zero-order valence-electron chi connectivity index (χ0n) is 13.0. The highest BCUT2D eigenvalue weighted by Gasteiger charge is 2.19. The third-order valence-corrected chi connectivity index (χ3v) is 3.82. The van der Waals surface area contributed by atoms with E-state index in [0.29, 0.717) is 11.3 Å². The summed E-state index contributed by atoms with van der Waals surface area (Å²) in [5, 5.41) is 3.45. The molecular formula is C18H22FNO. The summed E-state index contributed by atoms with van der Waals surface area (Å²) < 4.78 is 19.4. The molecule has 0 heterocycles. The fourth-order valence-corrected chi connectivity index (χ4v) is 2.74. The van der Waals surface area contributed by atoms with Crippen LogP contribution in [0.5, 0.6) is 5.75 Å². The predicted octanol–water partition coefficient (Wildman–Crippen LogP) is 4.55. The van der Waals surface area contributed by atoms with Gasteiger partial charge in [-0.25, -0.2) is 4.39 Å². The molecule has 0 saturated heterocycles. The summed E-state index contributed by atoms with van der Waals surface area (Å²) in [4.78, 5) is 0. The summed E-state index contributed by atoms with van der Waals surface area (Å²) in [6.45, 7) is 6.13. The Morgan fingerprint density at radius 2 is 1.71 bits per heavy atom. The summed E-state index contributed by atoms with van der Waals surface area (Å²) in [6.07, 6.45) is 0. The molecule has 3 heteroatoms. The van der Waals surface area contributed by atoms with Gasteiger partial charge in [-0.05, 0) is 44.0 Å². The van der Waals surface area contributed by atoms with Gasteiger partial charge in [0, 0.05) is 17.6 Å². The van der Waals surface area contributed by atoms with Crippen LogP contribution in [-0.4, -0.2) is 7.11 Å². The minimum atomic E-state index is -0.244. The smallest absolute Gasteiger partial charge is 0.131 e. The normalized spacial score (nSPS) is 13.8. The number of ether oxygens (including phenoxy) is 1. The first-order chi connectivity index (χ1) is 10.0. The number of aryl methyl sites for hydroxylation is 1. The van der Waals surface area contributed by atoms with Crippen molar-refractivity contribution in [3.8, 4) is 5.75 Å². The lowest BCUT2D eigenvalue weighted by molar-refractivity contribution is 0.387. The second-order valence-corrected chi connectivity index (χ2v) is 5.32. The van der Waals surface area contributed by atoms with E-state index in [1.807, 2.05) is 19.1 Å². The zero-order chi connectivity index (χ0) is 15.4. The average molecular weight is 287 g/mol. The summed E-state index contributed by atoms with van der Waals surface area (Å²) in [5.41, 5.74) is 3.02. The lowest BCUT2D eigenvalue weighted by Gasteiger charge is -2.23. The Balaban J connectivity index is 2.22. The molecule has 112 valence electrons. The van der Waals surface area contributed by atoms with Crippen LogP contribution in [0.15, 0.2) is 42.5 Å². The quantitative estimate of drug-likeness (QED) is 0.870. The predicted molar refractivity (Wildman–Crippen MR) is 84.1 cm³/mol. The number of halogens is 1. The van der Waals surface area contributed by atoms with Crippen molar-refractivity contribution >= 4 is 0 Å². The van der Waals surface area contributed by atoms with E-state index >= 15 is 0 Å². The number of nitrogens with one attached hydrogen (secondary N) is 1. The molecule has 0 bridgehead atoms. The minimum Gasteiger partial charge on any atom is -0.496 e. The lowest BCUT2D eigenvalue weighted by Crippen LogP contribution is -2.24. The lowest BCUT2D eigenvalue weighted by atomic mass is 10.00. The molecule has 1 N–H and O–H groups in total. The molecule has 0 radical (unpaired) electrons. The monoisotopic (exact) mass is 287 g/mol. The van der Waals surface area contributed by atoms with E-state index in [1.54, 1.807) is 19.2 Å². The topological polar surface area (TPSA) is 21.3 Å². The van der Waals surface area contributed by atoms with Crippen LogP contribution in [0.3, 0.4) is 0 Å². The summed E-state index contributed by atoms with van der Waals surface area (Å²) in [5.74, 6) is 0.332. The molecule has 1 unspecified atom stereocenters. The van der Waals surface area contributed by atoms with Crippen molar-refractivity contribution in [3.05, 3.63) is 65.0 Å². The molecule has 0 fully saturated rings. The Morgan fingerprint density at radius 1 is 1.00 bits per heavy atom. The van der Waals surface area contributed by atoms with E-state index in [1.165, 1.54) is 17.2 Å². The van der Waals surface area contributed by atoms with Crippen LogP contribution in [0.25, 0.3) is 0 Å². The Kier molecular flexibility index (Phi) is 4.97. The molecule has 0 aliphatic heterocycles. The van der Waals surface area contributed by atoms with Gasteiger partial charge < -0.3 is 10.1 Å². The molecule has 0 aromatic heterocycles. The first-order valence-corrected chi connectivity index (χ1v) is 7.18. The molecule has 0 spiro atoms. The van der Waals surface area contributed by atoms with E-state index in [4.69, 9.17) is 4.74 Å². The van der Waals surface area contributed by atoms with Gasteiger partial charge in [0.1, 0.15) is 11.6 Å². The Hall–Kier alpha value is -1.87. The Bertz CT molecular complexity index is 612. The molecular weight excluding hydrogens is 265 g/mol. The maximum atomic E-state index is 14.1. The number of benzene rings is 2. The van der Waals surface area contributed by atoms with Crippen LogP contribution in [-0.2, 0) is 0 Å². The van der Waals surface area contributed by atoms with E-state index in [9.17, 15) is 4.39 Å². The van der Waals surface area contributed by atoms with Crippen molar-refractivity contribution in [2.24, 2.45) is 0 Å². The van der Waals surface area contributed by atoms with Gasteiger partial charge in [-0.15, -0.1) is 0 Å². The largest absolute Gasteiger partial charge is 0.496 e. The van der Waals surface area contributed by atoms with Gasteiger partial charge >= 0.3 is 0 Å². The number of hydrogen-bond donors (Lipinski definition) is 1. The summed E-state index contributed by atoms with van der Waals surface area (Å²) in [6, 6.07) is 13.1. The molecule has 21 heavy (non-hydrogen) atoms. The molecule has 0 aliphatic carbocycles. The molecule has 0 saturated carbocycles. The highest BCUT2D eigenvalue weighted by atomic mass is 19.1. The van der Waals surface area contributed by atoms with Crippen LogP contribution < -0.4 is 10.1 Å². The van der Waals surface area contributed by atoms with Gasteiger partial charge in [0.2, 0.25) is 0 Å². The van der Waals surface area contributed by atoms with Crippen molar-refractivity contribution in [1.29, 1.82) is 0 Å². The fourth-order valence-electron chi connectivity index (χ4n) is 2.74. The van der Waals surface area contributed by atoms with Crippen molar-refractivity contribution in [2.45, 2.75) is 32.9 Å². The van der Waals surface area contributed by atoms with E-state index in [0.717, 1.165) is 0 Å². The highest BCUT2D eigenvalue weighted by Crippen LogP contribution is 2.30. The number of rotatable bonds is 5. The standard InChI is InChI=1S/C18H22FNO/c1-12-8-5-6-9-15(12)13(2)20-14(3)18-16(19)10-7-11-17(18)21-4/h5-11,13-14,20H,1-4H3/t13-,14?/m0/s1. The van der Waals surface area contributed by atoms with Crippen molar-refractivity contribution in [2.75, 3.05) is 7.11 Å². The van der Waals surface area contributed by atoms with Crippen LogP contribution >= 0.6 is 0 Å². The van der Waals surface area contributed by atoms with Crippen LogP contribution in [0.4, 0.5) is 4.39 Å². The molecule has 0 aliphatic rings. The van der Waals surface area contributed by atoms with Crippen molar-refractivity contribution < 1.29 is 9.13 Å². The van der Waals surface area contributed by atoms with Gasteiger partial charge in [-0.3, -0.25) is 0 Å². The van der Waals surface area contributed by atoms with Crippen molar-refractivity contribution in [3.63, 3.8) is 0 Å². The van der Waals surface area contributed by atoms with Crippen molar-refractivity contribution in [1.82, 2.24) is 5.32 Å². The van der Waals surface area contributed by atoms with Gasteiger partial charge in [-0.2, -0.15) is 0 Å². The van der Waals surface area contributed by atoms with Gasteiger partial charge in [0.15, 0.2) is 0 Å². The van der Waals surface area contributed by atoms with Gasteiger partial charge in [0.25, 0.3) is 0 Å². The maximum Gasteiger partial charge on any atom is 0.131 e. The van der Waals surface area contributed by atoms with E-state index < -0.39 is 0 Å². The second kappa shape index (κ2) is 6.72. The van der Waals surface area contributed by atoms with Crippen LogP contribution in [0.2, 0.25) is 0 Å². The third-order valence-electron chi connectivity index (χ3n) is 3.82. The molecule has 2 aromatic rings. The minimum absolute atomic E-state index is 0.130. The highest BCUT2D eigenvalue weighted by molar-refractivity contribution is 5.37. The Labute approximate surface area is 126 Å². The fraction of sp³-hybridized carbons (Fsp3) is 0.333. The maximum absolute atomic E-state index is 14.1. The van der Waals surface area contributed by atoms with Gasteiger partial charge in [-0.1, -0.05) is 30.3 Å². The second-order valence-electron chi connectivity index (χ2n) is 5.32.